The Morgan fingerprint density at radius 3 is 1.23 bits per heavy atom. The first-order valence-corrected chi connectivity index (χ1v) is 39.4. The van der Waals surface area contributed by atoms with Crippen molar-refractivity contribution in [2.75, 3.05) is 32.1 Å². The highest BCUT2D eigenvalue weighted by atomic mass is 32.1. The second kappa shape index (κ2) is 53.9. The number of thiol groups is 1. The average molecular weight is 1780 g/mol. The molecule has 0 aliphatic carbocycles. The molecule has 0 radical (unpaired) electrons. The summed E-state index contributed by atoms with van der Waals surface area (Å²) in [6, 6.07) is -13.3. The van der Waals surface area contributed by atoms with E-state index >= 15 is 0 Å². The fourth-order valence-corrected chi connectivity index (χ4v) is 11.4. The van der Waals surface area contributed by atoms with E-state index in [9.17, 15) is 136 Å². The summed E-state index contributed by atoms with van der Waals surface area (Å²) in [7, 11) is 0. The molecular formula is C75H112N18O30S. The van der Waals surface area contributed by atoms with Crippen LogP contribution in [0.4, 0.5) is 0 Å². The van der Waals surface area contributed by atoms with Crippen LogP contribution in [0.15, 0.2) is 54.6 Å². The summed E-state index contributed by atoms with van der Waals surface area (Å²) in [6.07, 6.45) is -8.87. The van der Waals surface area contributed by atoms with Crippen molar-refractivity contribution in [1.29, 1.82) is 0 Å². The smallest absolute Gasteiger partial charge is 0.325 e. The number of amides is 17. The van der Waals surface area contributed by atoms with Gasteiger partial charge in [-0.1, -0.05) is 70.2 Å². The van der Waals surface area contributed by atoms with Gasteiger partial charge in [0.25, 0.3) is 0 Å². The number of carboxylic acid groups (broad SMARTS) is 4. The monoisotopic (exact) mass is 1780 g/mol. The summed E-state index contributed by atoms with van der Waals surface area (Å²) in [5.41, 5.74) is 11.6. The van der Waals surface area contributed by atoms with E-state index in [2.05, 4.69) is 92.4 Å². The highest BCUT2D eigenvalue weighted by molar-refractivity contribution is 7.80. The van der Waals surface area contributed by atoms with E-state index in [0.717, 1.165) is 20.8 Å². The maximum Gasteiger partial charge on any atom is 0.325 e. The molecule has 17 amide bonds. The Kier molecular flexibility index (Phi) is 46.7. The van der Waals surface area contributed by atoms with E-state index in [1.807, 2.05) is 5.32 Å². The van der Waals surface area contributed by atoms with Crippen molar-refractivity contribution in [3.63, 3.8) is 0 Å². The molecule has 124 heavy (non-hydrogen) atoms. The third-order valence-corrected chi connectivity index (χ3v) is 18.4. The fraction of sp³-hybridized carbons (Fsp3) is 0.560. The van der Waals surface area contributed by atoms with Gasteiger partial charge in [0.05, 0.1) is 51.0 Å². The number of phenols is 1. The van der Waals surface area contributed by atoms with Crippen molar-refractivity contribution < 1.29 is 147 Å². The van der Waals surface area contributed by atoms with Crippen LogP contribution in [-0.4, -0.2) is 305 Å². The number of carbonyl (C=O) groups excluding carboxylic acids is 17. The number of carboxylic acids is 4. The lowest BCUT2D eigenvalue weighted by Crippen LogP contribution is -2.63. The number of hydrogen-bond acceptors (Lipinski definition) is 28. The standard InChI is InChI=1S/C75H112N18O30S/c1-33(2)24-45(65(112)83-43(20-23-56(104)105)63(110)79-28-53(100)82-44(19-21-52(77)99)64(111)80-35(5)61(108)81-36(6)75(122)123)84-66(113)46(26-40-14-16-41(98)17-15-40)85-71(118)51(32-124)90-70(117)50(31-95)88-72(119)58(34(3)4)92-68(115)48(27-57(106)107)86-69(116)49(30-94)89-74(121)60(38(8)97)93-67(114)47(25-39-12-10-9-11-13-39)87-73(120)59(37(7)96)91-54(101)29-78-62(109)42(76)18-22-55(102)103/h9-17,33-38,42-51,58-60,94-98,124H,18-32,76H2,1-8H3,(H2,77,99)(H,78,109)(H,79,110)(H,80,111)(H,81,108)(H,82,100)(H,83,112)(H,84,113)(H,85,118)(H,86,116)(H,87,120)(H,88,119)(H,89,121)(H,90,117)(H,91,101)(H,92,115)(H,93,114)(H,102,103)(H,104,105)(H,106,107)(H,122,123)/t35-,36-,37+,38+,42-,43-,44-,45-,46-,47-,48-,49-,50-,51-,58-,59-,60-/m0/s1. The van der Waals surface area contributed by atoms with Gasteiger partial charge in [-0.05, 0) is 88.5 Å². The van der Waals surface area contributed by atoms with Crippen LogP contribution < -0.4 is 96.5 Å². The van der Waals surface area contributed by atoms with Crippen LogP contribution in [0.1, 0.15) is 118 Å². The first-order chi connectivity index (χ1) is 58.0. The zero-order chi connectivity index (χ0) is 94.1. The largest absolute Gasteiger partial charge is 0.508 e. The number of phenolic OH excluding ortho intramolecular Hbond substituents is 1. The molecule has 0 fully saturated rings. The Hall–Kier alpha value is -12.7. The molecule has 0 heterocycles. The van der Waals surface area contributed by atoms with E-state index in [1.165, 1.54) is 57.2 Å². The number of aromatic hydroxyl groups is 1. The first-order valence-electron chi connectivity index (χ1n) is 38.7. The number of primary amides is 1. The van der Waals surface area contributed by atoms with Crippen LogP contribution in [0.25, 0.3) is 0 Å². The van der Waals surface area contributed by atoms with E-state index in [4.69, 9.17) is 21.7 Å². The topological polar surface area (TPSA) is 785 Å². The molecule has 0 spiro atoms. The number of aliphatic hydroxyl groups excluding tert-OH is 4. The fourth-order valence-electron chi connectivity index (χ4n) is 11.1. The lowest BCUT2D eigenvalue weighted by atomic mass is 10.00. The Morgan fingerprint density at radius 2 is 0.750 bits per heavy atom. The number of nitrogens with two attached hydrogens (primary N) is 2. The molecule has 2 aromatic rings. The lowest BCUT2D eigenvalue weighted by molar-refractivity contribution is -0.142. The number of aliphatic carboxylic acids is 4. The van der Waals surface area contributed by atoms with Crippen LogP contribution in [-0.2, 0) is 114 Å². The van der Waals surface area contributed by atoms with Crippen molar-refractivity contribution in [3.8, 4) is 5.75 Å². The molecule has 2 rings (SSSR count). The minimum absolute atomic E-state index is 0.210. The minimum atomic E-state index is -2.17. The second-order valence-electron chi connectivity index (χ2n) is 29.4. The van der Waals surface area contributed by atoms with Crippen molar-refractivity contribution in [1.82, 2.24) is 85.1 Å². The average Bonchev–Trinajstić information content (AvgIpc) is 0.852. The highest BCUT2D eigenvalue weighted by Crippen LogP contribution is 2.16. The van der Waals surface area contributed by atoms with Crippen LogP contribution in [0, 0.1) is 11.8 Å². The third kappa shape index (κ3) is 39.4. The predicted molar refractivity (Wildman–Crippen MR) is 432 cm³/mol. The Labute approximate surface area is 715 Å². The Morgan fingerprint density at radius 1 is 0.371 bits per heavy atom. The quantitative estimate of drug-likeness (QED) is 0.0274. The molecule has 0 aliphatic rings. The van der Waals surface area contributed by atoms with Gasteiger partial charge < -0.3 is 142 Å². The number of aliphatic hydroxyl groups is 4. The third-order valence-electron chi connectivity index (χ3n) is 18.1. The molecule has 0 aliphatic heterocycles. The molecule has 49 heteroatoms. The lowest BCUT2D eigenvalue weighted by Gasteiger charge is -2.29. The molecule has 2 aromatic carbocycles. The van der Waals surface area contributed by atoms with Crippen molar-refractivity contribution in [2.24, 2.45) is 23.3 Å². The predicted octanol–water partition coefficient (Wildman–Crippen LogP) is -10.5. The van der Waals surface area contributed by atoms with Crippen LogP contribution in [0.3, 0.4) is 0 Å². The summed E-state index contributed by atoms with van der Waals surface area (Å²) in [4.78, 5) is 277. The molecule has 17 atom stereocenters. The van der Waals surface area contributed by atoms with Crippen molar-refractivity contribution in [3.05, 3.63) is 65.7 Å². The molecule has 0 saturated carbocycles. The zero-order valence-electron chi connectivity index (χ0n) is 69.0. The summed E-state index contributed by atoms with van der Waals surface area (Å²) in [6.45, 7) is 6.03. The number of nitrogens with one attached hydrogen (secondary N) is 16. The number of hydrogen-bond donors (Lipinski definition) is 28. The summed E-state index contributed by atoms with van der Waals surface area (Å²) in [5, 5.41) is 126. The number of carbonyl (C=O) groups is 21. The molecule has 0 saturated heterocycles. The summed E-state index contributed by atoms with van der Waals surface area (Å²) in [5.74, 6) is -27.9. The minimum Gasteiger partial charge on any atom is -0.508 e. The summed E-state index contributed by atoms with van der Waals surface area (Å²) < 4.78 is 0. The van der Waals surface area contributed by atoms with E-state index in [1.54, 1.807) is 32.0 Å². The molecule has 48 nitrogen and oxygen atoms in total. The van der Waals surface area contributed by atoms with Gasteiger partial charge in [-0.25, -0.2) is 0 Å². The van der Waals surface area contributed by atoms with Gasteiger partial charge in [0, 0.05) is 37.9 Å². The maximum atomic E-state index is 14.5. The molecular weight excluding hydrogens is 1660 g/mol. The van der Waals surface area contributed by atoms with Gasteiger partial charge in [-0.3, -0.25) is 101 Å². The molecule has 29 N–H and O–H groups in total. The van der Waals surface area contributed by atoms with Crippen molar-refractivity contribution in [2.45, 2.75) is 222 Å². The maximum absolute atomic E-state index is 14.5. The number of rotatable bonds is 56. The van der Waals surface area contributed by atoms with Crippen molar-refractivity contribution >= 4 is 137 Å². The van der Waals surface area contributed by atoms with E-state index in [0.29, 0.717) is 5.56 Å². The Bertz CT molecular complexity index is 4090. The molecule has 688 valence electrons. The molecule has 0 bridgehead atoms. The summed E-state index contributed by atoms with van der Waals surface area (Å²) >= 11 is 4.19. The first kappa shape index (κ1) is 107. The van der Waals surface area contributed by atoms with Crippen LogP contribution >= 0.6 is 12.6 Å². The van der Waals surface area contributed by atoms with Crippen LogP contribution in [0.5, 0.6) is 5.75 Å². The SMILES string of the molecule is CC(C)C[C@H](NC(=O)[C@H](Cc1ccc(O)cc1)NC(=O)[C@H](CS)NC(=O)[C@H](CO)NC(=O)[C@@H](NC(=O)[C@H](CC(=O)O)NC(=O)[C@H](CO)NC(=O)[C@@H](NC(=O)[C@H](Cc1ccccc1)NC(=O)[C@@H](NC(=O)CNC(=O)[C@@H](N)CCC(=O)O)[C@@H](C)O)[C@@H](C)O)C(C)C)C(=O)N[C@@H](CCC(=O)O)C(=O)NCC(=O)N[C@@H](CCC(N)=O)C(=O)N[C@@H](C)C(=O)N[C@@H](C)C(=O)O. The van der Waals surface area contributed by atoms with Gasteiger partial charge in [0.15, 0.2) is 0 Å². The molecule has 0 unspecified atom stereocenters. The molecule has 0 aromatic heterocycles. The van der Waals surface area contributed by atoms with Gasteiger partial charge in [-0.2, -0.15) is 12.6 Å². The van der Waals surface area contributed by atoms with Gasteiger partial charge in [0.1, 0.15) is 90.3 Å². The number of benzene rings is 2. The highest BCUT2D eigenvalue weighted by Gasteiger charge is 2.40. The normalized spacial score (nSPS) is 15.2. The van der Waals surface area contributed by atoms with Crippen LogP contribution in [0.2, 0.25) is 0 Å². The van der Waals surface area contributed by atoms with Gasteiger partial charge >= 0.3 is 23.9 Å². The van der Waals surface area contributed by atoms with Gasteiger partial charge in [-0.15, -0.1) is 0 Å². The van der Waals surface area contributed by atoms with E-state index in [-0.39, 0.29) is 30.6 Å². The zero-order valence-corrected chi connectivity index (χ0v) is 69.9. The van der Waals surface area contributed by atoms with Gasteiger partial charge in [0.2, 0.25) is 100 Å². The second-order valence-corrected chi connectivity index (χ2v) is 29.8. The Balaban J connectivity index is 2.38. The van der Waals surface area contributed by atoms with E-state index < -0.39 is 316 Å².